The van der Waals surface area contributed by atoms with Crippen molar-refractivity contribution in [2.45, 2.75) is 6.18 Å². The molecule has 0 aliphatic heterocycles. The Morgan fingerprint density at radius 3 is 2.43 bits per heavy atom. The van der Waals surface area contributed by atoms with Gasteiger partial charge in [-0.15, -0.1) is 0 Å². The first-order chi connectivity index (χ1) is 13.2. The van der Waals surface area contributed by atoms with Crippen LogP contribution >= 0.6 is 0 Å². The van der Waals surface area contributed by atoms with E-state index in [-0.39, 0.29) is 22.6 Å². The third-order valence-corrected chi connectivity index (χ3v) is 3.76. The van der Waals surface area contributed by atoms with Gasteiger partial charge in [-0.05, 0) is 24.3 Å². The van der Waals surface area contributed by atoms with Gasteiger partial charge in [-0.1, -0.05) is 12.1 Å². The number of oxazole rings is 1. The molecule has 1 heterocycles. The van der Waals surface area contributed by atoms with E-state index in [0.29, 0.717) is 5.75 Å². The second kappa shape index (κ2) is 7.14. The average molecular weight is 392 g/mol. The Morgan fingerprint density at radius 1 is 1.18 bits per heavy atom. The molecular weight excluding hydrogens is 381 g/mol. The number of ether oxygens (including phenoxy) is 1. The normalized spacial score (nSPS) is 11.3. The Kier molecular flexibility index (Phi) is 4.87. The van der Waals surface area contributed by atoms with Gasteiger partial charge in [0.1, 0.15) is 5.75 Å². The standard InChI is InChI=1S/C18H11F3N2O5/c1-27-13-4-2-3-11(9-13)16-14(22-17(28-16)18(19,20)21)15(24)10-5-7-12(8-6-10)23(25)26/h2-9H,1H3. The molecule has 0 radical (unpaired) electrons. The van der Waals surface area contributed by atoms with Gasteiger partial charge in [0, 0.05) is 23.3 Å². The summed E-state index contributed by atoms with van der Waals surface area (Å²) in [5, 5.41) is 10.7. The van der Waals surface area contributed by atoms with Crippen LogP contribution in [0, 0.1) is 10.1 Å². The number of nitro groups is 1. The third kappa shape index (κ3) is 3.70. The Hall–Kier alpha value is -3.69. The molecular formula is C18H11F3N2O5. The molecule has 0 amide bonds. The number of hydrogen-bond donors (Lipinski definition) is 0. The van der Waals surface area contributed by atoms with E-state index in [1.54, 1.807) is 6.07 Å². The van der Waals surface area contributed by atoms with Crippen molar-refractivity contribution in [1.82, 2.24) is 4.98 Å². The molecule has 0 saturated carbocycles. The number of non-ortho nitro benzene ring substituents is 1. The SMILES string of the molecule is COc1cccc(-c2oc(C(F)(F)F)nc2C(=O)c2ccc([N+](=O)[O-])cc2)c1. The van der Waals surface area contributed by atoms with E-state index in [1.807, 2.05) is 0 Å². The summed E-state index contributed by atoms with van der Waals surface area (Å²) in [7, 11) is 1.38. The van der Waals surface area contributed by atoms with Gasteiger partial charge in [0.25, 0.3) is 5.69 Å². The smallest absolute Gasteiger partial charge is 0.468 e. The first-order valence-electron chi connectivity index (χ1n) is 7.72. The number of benzene rings is 2. The number of methoxy groups -OCH3 is 1. The summed E-state index contributed by atoms with van der Waals surface area (Å²) in [6, 6.07) is 10.3. The molecule has 7 nitrogen and oxygen atoms in total. The minimum absolute atomic E-state index is 0.0724. The van der Waals surface area contributed by atoms with Crippen LogP contribution in [0.15, 0.2) is 52.9 Å². The van der Waals surface area contributed by atoms with Crippen molar-refractivity contribution in [3.63, 3.8) is 0 Å². The van der Waals surface area contributed by atoms with Crippen molar-refractivity contribution in [1.29, 1.82) is 0 Å². The number of ketones is 1. The van der Waals surface area contributed by atoms with Gasteiger partial charge < -0.3 is 9.15 Å². The molecule has 0 N–H and O–H groups in total. The predicted octanol–water partition coefficient (Wildman–Crippen LogP) is 4.51. The number of carbonyl (C=O) groups excluding carboxylic acids is 1. The lowest BCUT2D eigenvalue weighted by molar-refractivity contribution is -0.384. The largest absolute Gasteiger partial charge is 0.497 e. The van der Waals surface area contributed by atoms with Gasteiger partial charge in [-0.2, -0.15) is 13.2 Å². The number of nitro benzene ring substituents is 1. The number of alkyl halides is 3. The van der Waals surface area contributed by atoms with Crippen LogP contribution in [0.5, 0.6) is 5.75 Å². The number of halogens is 3. The van der Waals surface area contributed by atoms with E-state index in [4.69, 9.17) is 9.15 Å². The summed E-state index contributed by atoms with van der Waals surface area (Å²) in [5.74, 6) is -2.48. The van der Waals surface area contributed by atoms with E-state index in [2.05, 4.69) is 4.98 Å². The summed E-state index contributed by atoms with van der Waals surface area (Å²) >= 11 is 0. The Bertz CT molecular complexity index is 1040. The predicted molar refractivity (Wildman–Crippen MR) is 90.0 cm³/mol. The molecule has 2 aromatic carbocycles. The Morgan fingerprint density at radius 2 is 1.86 bits per heavy atom. The zero-order valence-electron chi connectivity index (χ0n) is 14.2. The van der Waals surface area contributed by atoms with E-state index >= 15 is 0 Å². The molecule has 0 spiro atoms. The molecule has 0 fully saturated rings. The summed E-state index contributed by atoms with van der Waals surface area (Å²) < 4.78 is 49.1. The van der Waals surface area contributed by atoms with Crippen LogP contribution < -0.4 is 4.74 Å². The zero-order valence-corrected chi connectivity index (χ0v) is 14.2. The van der Waals surface area contributed by atoms with Crippen molar-refractivity contribution in [2.24, 2.45) is 0 Å². The van der Waals surface area contributed by atoms with E-state index in [1.165, 1.54) is 25.3 Å². The quantitative estimate of drug-likeness (QED) is 0.360. The van der Waals surface area contributed by atoms with E-state index < -0.39 is 28.5 Å². The molecule has 10 heteroatoms. The van der Waals surface area contributed by atoms with Crippen molar-refractivity contribution in [2.75, 3.05) is 7.11 Å². The summed E-state index contributed by atoms with van der Waals surface area (Å²) in [6.07, 6.45) is -4.90. The molecule has 0 bridgehead atoms. The van der Waals surface area contributed by atoms with Gasteiger partial charge in [0.2, 0.25) is 5.78 Å². The Labute approximate surface area is 155 Å². The second-order valence-corrected chi connectivity index (χ2v) is 5.56. The van der Waals surface area contributed by atoms with Gasteiger partial charge in [0.05, 0.1) is 12.0 Å². The highest BCUT2D eigenvalue weighted by molar-refractivity contribution is 6.11. The number of aromatic nitrogens is 1. The molecule has 0 aliphatic rings. The molecule has 0 saturated heterocycles. The minimum atomic E-state index is -4.90. The monoisotopic (exact) mass is 392 g/mol. The topological polar surface area (TPSA) is 95.5 Å². The van der Waals surface area contributed by atoms with Crippen LogP contribution in [0.2, 0.25) is 0 Å². The van der Waals surface area contributed by atoms with Crippen LogP contribution in [0.25, 0.3) is 11.3 Å². The van der Waals surface area contributed by atoms with Crippen molar-refractivity contribution in [3.05, 3.63) is 75.8 Å². The van der Waals surface area contributed by atoms with Crippen LogP contribution in [-0.4, -0.2) is 22.8 Å². The van der Waals surface area contributed by atoms with Crippen LogP contribution in [0.1, 0.15) is 21.9 Å². The Balaban J connectivity index is 2.11. The van der Waals surface area contributed by atoms with Gasteiger partial charge in [0.15, 0.2) is 11.5 Å². The first kappa shape index (κ1) is 19.1. The highest BCUT2D eigenvalue weighted by Gasteiger charge is 2.40. The molecule has 0 atom stereocenters. The van der Waals surface area contributed by atoms with Crippen molar-refractivity contribution >= 4 is 11.5 Å². The van der Waals surface area contributed by atoms with Crippen LogP contribution in [0.4, 0.5) is 18.9 Å². The van der Waals surface area contributed by atoms with Gasteiger partial charge >= 0.3 is 12.1 Å². The molecule has 1 aromatic heterocycles. The summed E-state index contributed by atoms with van der Waals surface area (Å²) in [6.45, 7) is 0. The fourth-order valence-corrected chi connectivity index (χ4v) is 2.43. The number of hydrogen-bond acceptors (Lipinski definition) is 6. The minimum Gasteiger partial charge on any atom is -0.497 e. The van der Waals surface area contributed by atoms with E-state index in [0.717, 1.165) is 24.3 Å². The lowest BCUT2D eigenvalue weighted by Gasteiger charge is -2.04. The highest BCUT2D eigenvalue weighted by atomic mass is 19.4. The fraction of sp³-hybridized carbons (Fsp3) is 0.111. The first-order valence-corrected chi connectivity index (χ1v) is 7.72. The van der Waals surface area contributed by atoms with Crippen molar-refractivity contribution < 1.29 is 32.0 Å². The molecule has 3 rings (SSSR count). The molecule has 0 unspecified atom stereocenters. The maximum Gasteiger partial charge on any atom is 0.468 e. The lowest BCUT2D eigenvalue weighted by Crippen LogP contribution is -2.08. The van der Waals surface area contributed by atoms with Crippen molar-refractivity contribution in [3.8, 4) is 17.1 Å². The second-order valence-electron chi connectivity index (χ2n) is 5.56. The molecule has 28 heavy (non-hydrogen) atoms. The van der Waals surface area contributed by atoms with Gasteiger partial charge in [-0.25, -0.2) is 4.98 Å². The number of nitrogens with zero attached hydrogens (tertiary/aromatic N) is 2. The molecule has 3 aromatic rings. The maximum absolute atomic E-state index is 13.1. The van der Waals surface area contributed by atoms with Crippen LogP contribution in [0.3, 0.4) is 0 Å². The summed E-state index contributed by atoms with van der Waals surface area (Å²) in [5.41, 5.74) is -0.737. The average Bonchev–Trinajstić information content (AvgIpc) is 3.13. The molecule has 0 aliphatic carbocycles. The third-order valence-electron chi connectivity index (χ3n) is 3.76. The zero-order chi connectivity index (χ0) is 20.5. The maximum atomic E-state index is 13.1. The molecule has 144 valence electrons. The number of carbonyl (C=O) groups is 1. The highest BCUT2D eigenvalue weighted by Crippen LogP contribution is 2.36. The van der Waals surface area contributed by atoms with Gasteiger partial charge in [-0.3, -0.25) is 14.9 Å². The number of rotatable bonds is 5. The van der Waals surface area contributed by atoms with E-state index in [9.17, 15) is 28.1 Å². The summed E-state index contributed by atoms with van der Waals surface area (Å²) in [4.78, 5) is 26.1. The lowest BCUT2D eigenvalue weighted by atomic mass is 10.0. The van der Waals surface area contributed by atoms with Crippen LogP contribution in [-0.2, 0) is 6.18 Å². The fourth-order valence-electron chi connectivity index (χ4n) is 2.43.